The van der Waals surface area contributed by atoms with E-state index in [1.807, 2.05) is 6.07 Å². The third-order valence-electron chi connectivity index (χ3n) is 5.59. The van der Waals surface area contributed by atoms with Gasteiger partial charge in [0.15, 0.2) is 5.82 Å². The van der Waals surface area contributed by atoms with Gasteiger partial charge in [0.1, 0.15) is 5.82 Å². The maximum Gasteiger partial charge on any atom is 0.393 e. The molecule has 2 aromatic heterocycles. The molecule has 0 unspecified atom stereocenters. The van der Waals surface area contributed by atoms with Crippen LogP contribution in [0.4, 0.5) is 13.2 Å². The fourth-order valence-corrected chi connectivity index (χ4v) is 4.34. The lowest BCUT2D eigenvalue weighted by atomic mass is 9.98. The molecule has 30 heavy (non-hydrogen) atoms. The largest absolute Gasteiger partial charge is 0.393 e. The number of carbonyl (C=O) groups is 1. The summed E-state index contributed by atoms with van der Waals surface area (Å²) in [4.78, 5) is 19.9. The van der Waals surface area contributed by atoms with Crippen LogP contribution in [-0.4, -0.2) is 60.8 Å². The van der Waals surface area contributed by atoms with Crippen LogP contribution in [0.3, 0.4) is 0 Å². The number of hydrogen-bond donors (Lipinski definition) is 0. The number of hydrogen-bond acceptors (Lipinski definition) is 5. The van der Waals surface area contributed by atoms with E-state index < -0.39 is 12.1 Å². The van der Waals surface area contributed by atoms with E-state index in [0.717, 1.165) is 6.42 Å². The van der Waals surface area contributed by atoms with E-state index in [2.05, 4.69) is 10.1 Å². The summed E-state index contributed by atoms with van der Waals surface area (Å²) in [6.07, 6.45) is -0.621. The molecule has 4 heterocycles. The molecule has 2 saturated heterocycles. The molecule has 0 N–H and O–H groups in total. The number of alkyl halides is 3. The number of piperidine rings is 1. The van der Waals surface area contributed by atoms with Crippen LogP contribution >= 0.6 is 12.2 Å². The van der Waals surface area contributed by atoms with Crippen LogP contribution < -0.4 is 0 Å². The molecule has 2 aromatic rings. The van der Waals surface area contributed by atoms with E-state index in [-0.39, 0.29) is 32.1 Å². The molecule has 0 aromatic carbocycles. The van der Waals surface area contributed by atoms with E-state index in [1.165, 1.54) is 0 Å². The van der Waals surface area contributed by atoms with E-state index >= 15 is 0 Å². The third-order valence-corrected chi connectivity index (χ3v) is 5.98. The van der Waals surface area contributed by atoms with Crippen LogP contribution in [-0.2, 0) is 18.0 Å². The van der Waals surface area contributed by atoms with E-state index in [1.54, 1.807) is 37.4 Å². The van der Waals surface area contributed by atoms with Gasteiger partial charge in [0.05, 0.1) is 19.1 Å². The van der Waals surface area contributed by atoms with Crippen LogP contribution in [0.15, 0.2) is 24.4 Å². The van der Waals surface area contributed by atoms with Gasteiger partial charge in [-0.2, -0.15) is 18.3 Å². The third kappa shape index (κ3) is 4.41. The minimum atomic E-state index is -4.20. The number of pyridine rings is 1. The predicted molar refractivity (Wildman–Crippen MR) is 105 cm³/mol. The van der Waals surface area contributed by atoms with E-state index in [4.69, 9.17) is 12.2 Å². The lowest BCUT2D eigenvalue weighted by Gasteiger charge is -2.33. The van der Waals surface area contributed by atoms with Crippen molar-refractivity contribution >= 4 is 18.1 Å². The Morgan fingerprint density at radius 1 is 1.20 bits per heavy atom. The van der Waals surface area contributed by atoms with Gasteiger partial charge in [-0.15, -0.1) is 0 Å². The van der Waals surface area contributed by atoms with Crippen LogP contribution in [0.1, 0.15) is 31.5 Å². The first kappa shape index (κ1) is 21.0. The molecule has 162 valence electrons. The molecule has 0 saturated carbocycles. The summed E-state index contributed by atoms with van der Waals surface area (Å²) >= 11 is 5.61. The van der Waals surface area contributed by atoms with Gasteiger partial charge in [-0.05, 0) is 50.2 Å². The highest BCUT2D eigenvalue weighted by molar-refractivity contribution is 7.71. The van der Waals surface area contributed by atoms with E-state index in [0.29, 0.717) is 42.3 Å². The van der Waals surface area contributed by atoms with Crippen LogP contribution in [0.5, 0.6) is 0 Å². The van der Waals surface area contributed by atoms with Crippen molar-refractivity contribution in [2.24, 2.45) is 5.92 Å². The van der Waals surface area contributed by atoms with Gasteiger partial charge in [0.25, 0.3) is 0 Å². The smallest absolute Gasteiger partial charge is 0.335 e. The topological polar surface area (TPSA) is 59.2 Å². The van der Waals surface area contributed by atoms with Crippen molar-refractivity contribution < 1.29 is 18.0 Å². The number of likely N-dealkylation sites (tertiary alicyclic amines) is 2. The van der Waals surface area contributed by atoms with Crippen molar-refractivity contribution in [3.63, 3.8) is 0 Å². The molecule has 7 nitrogen and oxygen atoms in total. The highest BCUT2D eigenvalue weighted by atomic mass is 32.1. The lowest BCUT2D eigenvalue weighted by molar-refractivity contribution is -0.188. The Labute approximate surface area is 177 Å². The van der Waals surface area contributed by atoms with Crippen LogP contribution in [0, 0.1) is 10.7 Å². The first-order valence-electron chi connectivity index (χ1n) is 10.00. The van der Waals surface area contributed by atoms with Crippen molar-refractivity contribution in [2.75, 3.05) is 19.6 Å². The second kappa shape index (κ2) is 8.46. The van der Waals surface area contributed by atoms with Gasteiger partial charge >= 0.3 is 6.18 Å². The number of rotatable bonds is 5. The SMILES string of the molecule is O=C1CCCN1Cc1nn(CN2CCC[C@@H](C(F)(F)F)C2)c(=S)n1-c1ccccn1. The molecule has 2 aliphatic rings. The number of aromatic nitrogens is 4. The Morgan fingerprint density at radius 2 is 2.03 bits per heavy atom. The van der Waals surface area contributed by atoms with Gasteiger partial charge < -0.3 is 4.90 Å². The fraction of sp³-hybridized carbons (Fsp3) is 0.579. The highest BCUT2D eigenvalue weighted by Crippen LogP contribution is 2.33. The molecule has 11 heteroatoms. The van der Waals surface area contributed by atoms with E-state index in [9.17, 15) is 18.0 Å². The molecule has 4 rings (SSSR count). The quantitative estimate of drug-likeness (QED) is 0.669. The first-order chi connectivity index (χ1) is 14.3. The predicted octanol–water partition coefficient (Wildman–Crippen LogP) is 3.15. The summed E-state index contributed by atoms with van der Waals surface area (Å²) in [6.45, 7) is 1.61. The monoisotopic (exact) mass is 440 g/mol. The second-order valence-corrected chi connectivity index (χ2v) is 8.10. The molecule has 0 radical (unpaired) electrons. The molecule has 0 spiro atoms. The number of halogens is 3. The van der Waals surface area contributed by atoms with Gasteiger partial charge in [0.2, 0.25) is 10.7 Å². The number of nitrogens with zero attached hydrogens (tertiary/aromatic N) is 6. The number of carbonyl (C=O) groups excluding carboxylic acids is 1. The van der Waals surface area contributed by atoms with Crippen molar-refractivity contribution in [3.8, 4) is 5.82 Å². The summed E-state index contributed by atoms with van der Waals surface area (Å²) in [6, 6.07) is 5.40. The maximum atomic E-state index is 13.2. The molecule has 0 aliphatic carbocycles. The highest BCUT2D eigenvalue weighted by Gasteiger charge is 2.41. The van der Waals surface area contributed by atoms with Gasteiger partial charge in [-0.25, -0.2) is 9.67 Å². The van der Waals surface area contributed by atoms with Crippen molar-refractivity contribution in [1.29, 1.82) is 0 Å². The Kier molecular flexibility index (Phi) is 5.92. The zero-order chi connectivity index (χ0) is 21.3. The molecular weight excluding hydrogens is 417 g/mol. The van der Waals surface area contributed by atoms with Gasteiger partial charge in [-0.1, -0.05) is 6.07 Å². The molecule has 1 amide bonds. The minimum absolute atomic E-state index is 0.0621. The fourth-order valence-electron chi connectivity index (χ4n) is 4.05. The summed E-state index contributed by atoms with van der Waals surface area (Å²) < 4.78 is 43.1. The molecule has 0 bridgehead atoms. The zero-order valence-corrected chi connectivity index (χ0v) is 17.2. The Bertz CT molecular complexity index is 957. The maximum absolute atomic E-state index is 13.2. The zero-order valence-electron chi connectivity index (χ0n) is 16.4. The average Bonchev–Trinajstić information content (AvgIpc) is 3.25. The second-order valence-electron chi connectivity index (χ2n) is 7.74. The Hall–Kier alpha value is -2.27. The van der Waals surface area contributed by atoms with Gasteiger partial charge in [-0.3, -0.25) is 14.3 Å². The summed E-state index contributed by atoms with van der Waals surface area (Å²) in [5, 5.41) is 4.58. The van der Waals surface area contributed by atoms with Crippen LogP contribution in [0.25, 0.3) is 5.82 Å². The molecule has 1 atom stereocenters. The molecular formula is C19H23F3N6OS. The van der Waals surface area contributed by atoms with Crippen molar-refractivity contribution in [3.05, 3.63) is 35.0 Å². The Morgan fingerprint density at radius 3 is 2.70 bits per heavy atom. The minimum Gasteiger partial charge on any atom is -0.335 e. The van der Waals surface area contributed by atoms with Gasteiger partial charge in [0, 0.05) is 25.7 Å². The lowest BCUT2D eigenvalue weighted by Crippen LogP contribution is -2.42. The van der Waals surface area contributed by atoms with Crippen molar-refractivity contribution in [2.45, 2.75) is 45.1 Å². The van der Waals surface area contributed by atoms with Crippen molar-refractivity contribution in [1.82, 2.24) is 29.1 Å². The Balaban J connectivity index is 1.62. The standard InChI is InChI=1S/C19H23F3N6OS/c20-19(21,22)14-5-3-9-25(11-14)13-27-18(30)28(15-6-1-2-8-23-15)16(24-27)12-26-10-4-7-17(26)29/h1-2,6,8,14H,3-5,7,9-13H2/t14-/m1/s1. The summed E-state index contributed by atoms with van der Waals surface area (Å²) in [7, 11) is 0. The van der Waals surface area contributed by atoms with Crippen LogP contribution in [0.2, 0.25) is 0 Å². The summed E-state index contributed by atoms with van der Waals surface area (Å²) in [5.74, 6) is -0.146. The molecule has 2 aliphatic heterocycles. The first-order valence-corrected chi connectivity index (χ1v) is 10.4. The molecule has 2 fully saturated rings. The normalized spacial score (nSPS) is 20.8. The summed E-state index contributed by atoms with van der Waals surface area (Å²) in [5.41, 5.74) is 0. The number of amides is 1. The average molecular weight is 440 g/mol.